The highest BCUT2D eigenvalue weighted by molar-refractivity contribution is 8.00. The number of amides is 2. The minimum absolute atomic E-state index is 0.0705. The molecule has 1 aliphatic heterocycles. The molecule has 0 aromatic heterocycles. The number of hydrogen-bond acceptors (Lipinski definition) is 5. The first-order valence-corrected chi connectivity index (χ1v) is 11.6. The number of thioether (sulfide) groups is 1. The van der Waals surface area contributed by atoms with E-state index in [-0.39, 0.29) is 22.8 Å². The second kappa shape index (κ2) is 10.1. The highest BCUT2D eigenvalue weighted by atomic mass is 35.5. The molecular formula is C25H21ClN2O4S. The molecule has 0 spiro atoms. The summed E-state index contributed by atoms with van der Waals surface area (Å²) in [4.78, 5) is 39.0. The quantitative estimate of drug-likeness (QED) is 0.493. The fourth-order valence-corrected chi connectivity index (χ4v) is 4.88. The molecule has 0 radical (unpaired) electrons. The maximum absolute atomic E-state index is 12.8. The minimum atomic E-state index is -0.523. The summed E-state index contributed by atoms with van der Waals surface area (Å²) >= 11 is 7.52. The number of benzene rings is 3. The number of methoxy groups -OCH3 is 1. The molecule has 3 aromatic carbocycles. The molecule has 2 amide bonds. The molecule has 0 bridgehead atoms. The van der Waals surface area contributed by atoms with E-state index in [4.69, 9.17) is 16.3 Å². The smallest absolute Gasteiger partial charge is 0.339 e. The highest BCUT2D eigenvalue weighted by Crippen LogP contribution is 2.39. The van der Waals surface area contributed by atoms with Crippen LogP contribution in [0, 0.1) is 0 Å². The van der Waals surface area contributed by atoms with Gasteiger partial charge in [0.1, 0.15) is 5.37 Å². The van der Waals surface area contributed by atoms with Gasteiger partial charge in [0, 0.05) is 17.1 Å². The summed E-state index contributed by atoms with van der Waals surface area (Å²) in [6, 6.07) is 21.3. The number of carbonyl (C=O) groups excluding carboxylic acids is 3. The van der Waals surface area contributed by atoms with E-state index in [1.807, 2.05) is 41.3 Å². The molecule has 0 saturated carbocycles. The van der Waals surface area contributed by atoms with E-state index in [1.54, 1.807) is 48.2 Å². The first kappa shape index (κ1) is 22.9. The Hall–Kier alpha value is -3.29. The first-order chi connectivity index (χ1) is 16.0. The van der Waals surface area contributed by atoms with E-state index < -0.39 is 5.97 Å². The maximum Gasteiger partial charge on any atom is 0.339 e. The summed E-state index contributed by atoms with van der Waals surface area (Å²) in [6.07, 6.45) is 0. The summed E-state index contributed by atoms with van der Waals surface area (Å²) in [6.45, 7) is 0.486. The molecule has 0 unspecified atom stereocenters. The molecule has 1 heterocycles. The summed E-state index contributed by atoms with van der Waals surface area (Å²) in [5, 5.41) is 3.28. The zero-order valence-electron chi connectivity index (χ0n) is 17.8. The second-order valence-electron chi connectivity index (χ2n) is 7.42. The van der Waals surface area contributed by atoms with Crippen LogP contribution in [0.1, 0.15) is 37.2 Å². The third-order valence-electron chi connectivity index (χ3n) is 5.27. The van der Waals surface area contributed by atoms with Gasteiger partial charge in [0.05, 0.1) is 24.1 Å². The summed E-state index contributed by atoms with van der Waals surface area (Å²) in [5.41, 5.74) is 3.04. The Kier molecular flexibility index (Phi) is 7.01. The normalized spacial score (nSPS) is 15.4. The maximum atomic E-state index is 12.8. The van der Waals surface area contributed by atoms with Crippen molar-refractivity contribution in [1.82, 2.24) is 4.90 Å². The van der Waals surface area contributed by atoms with E-state index in [0.29, 0.717) is 28.6 Å². The first-order valence-electron chi connectivity index (χ1n) is 10.2. The van der Waals surface area contributed by atoms with Gasteiger partial charge in [-0.3, -0.25) is 9.59 Å². The molecule has 1 aliphatic rings. The fraction of sp³-hybridized carbons (Fsp3) is 0.160. The molecule has 1 N–H and O–H groups in total. The van der Waals surface area contributed by atoms with Crippen LogP contribution < -0.4 is 5.32 Å². The van der Waals surface area contributed by atoms with Crippen LogP contribution in [0.25, 0.3) is 0 Å². The number of hydrogen-bond donors (Lipinski definition) is 1. The van der Waals surface area contributed by atoms with Gasteiger partial charge < -0.3 is 15.0 Å². The van der Waals surface area contributed by atoms with Crippen molar-refractivity contribution in [2.24, 2.45) is 0 Å². The van der Waals surface area contributed by atoms with Gasteiger partial charge >= 0.3 is 5.97 Å². The Bertz CT molecular complexity index is 1180. The lowest BCUT2D eigenvalue weighted by Crippen LogP contribution is -2.27. The van der Waals surface area contributed by atoms with Crippen LogP contribution in [0.15, 0.2) is 72.8 Å². The van der Waals surface area contributed by atoms with Crippen molar-refractivity contribution in [3.8, 4) is 0 Å². The minimum Gasteiger partial charge on any atom is -0.465 e. The Morgan fingerprint density at radius 1 is 1.06 bits per heavy atom. The van der Waals surface area contributed by atoms with Gasteiger partial charge in [-0.1, -0.05) is 48.0 Å². The fourth-order valence-electron chi connectivity index (χ4n) is 3.56. The summed E-state index contributed by atoms with van der Waals surface area (Å²) < 4.78 is 4.77. The molecule has 4 rings (SSSR count). The van der Waals surface area contributed by atoms with Crippen LogP contribution in [0.3, 0.4) is 0 Å². The van der Waals surface area contributed by atoms with Crippen molar-refractivity contribution >= 4 is 46.8 Å². The van der Waals surface area contributed by atoms with Gasteiger partial charge in [-0.05, 0) is 47.5 Å². The number of carbonyl (C=O) groups is 3. The number of nitrogens with one attached hydrogen (secondary N) is 1. The zero-order valence-corrected chi connectivity index (χ0v) is 19.4. The Morgan fingerprint density at radius 3 is 2.45 bits per heavy atom. The van der Waals surface area contributed by atoms with Gasteiger partial charge in [0.2, 0.25) is 5.91 Å². The number of halogens is 1. The van der Waals surface area contributed by atoms with Crippen molar-refractivity contribution < 1.29 is 19.1 Å². The Morgan fingerprint density at radius 2 is 1.76 bits per heavy atom. The molecule has 168 valence electrons. The molecule has 3 aromatic rings. The second-order valence-corrected chi connectivity index (χ2v) is 8.93. The van der Waals surface area contributed by atoms with Gasteiger partial charge in [0.25, 0.3) is 5.91 Å². The Balaban J connectivity index is 1.48. The van der Waals surface area contributed by atoms with Crippen LogP contribution in [-0.2, 0) is 16.1 Å². The Labute approximate surface area is 200 Å². The van der Waals surface area contributed by atoms with Gasteiger partial charge in [0.15, 0.2) is 0 Å². The summed E-state index contributed by atoms with van der Waals surface area (Å²) in [5.74, 6) is -0.387. The molecule has 8 heteroatoms. The number of rotatable bonds is 6. The van der Waals surface area contributed by atoms with E-state index in [2.05, 4.69) is 5.32 Å². The van der Waals surface area contributed by atoms with Crippen molar-refractivity contribution in [3.05, 3.63) is 100 Å². The van der Waals surface area contributed by atoms with Crippen molar-refractivity contribution in [3.63, 3.8) is 0 Å². The van der Waals surface area contributed by atoms with Crippen molar-refractivity contribution in [2.75, 3.05) is 18.2 Å². The van der Waals surface area contributed by atoms with E-state index in [0.717, 1.165) is 11.1 Å². The zero-order chi connectivity index (χ0) is 23.4. The van der Waals surface area contributed by atoms with E-state index in [9.17, 15) is 14.4 Å². The van der Waals surface area contributed by atoms with Crippen molar-refractivity contribution in [2.45, 2.75) is 11.9 Å². The van der Waals surface area contributed by atoms with Crippen LogP contribution in [0.2, 0.25) is 5.02 Å². The average molecular weight is 481 g/mol. The number of para-hydroxylation sites is 1. The highest BCUT2D eigenvalue weighted by Gasteiger charge is 2.32. The standard InChI is InChI=1S/C25H21ClN2O4S/c1-32-25(31)20-4-2-3-5-21(20)27-23(30)17-8-10-18(11-9-17)24-28(22(29)15-33-24)14-16-6-12-19(26)13-7-16/h2-13,24H,14-15H2,1H3,(H,27,30)/t24-/m0/s1. The molecule has 0 aliphatic carbocycles. The lowest BCUT2D eigenvalue weighted by Gasteiger charge is -2.24. The molecule has 33 heavy (non-hydrogen) atoms. The van der Waals surface area contributed by atoms with Gasteiger partial charge in [-0.2, -0.15) is 0 Å². The third kappa shape index (κ3) is 5.21. The molecule has 1 saturated heterocycles. The van der Waals surface area contributed by atoms with Crippen LogP contribution >= 0.6 is 23.4 Å². The topological polar surface area (TPSA) is 75.7 Å². The van der Waals surface area contributed by atoms with E-state index in [1.165, 1.54) is 7.11 Å². The monoisotopic (exact) mass is 480 g/mol. The summed E-state index contributed by atoms with van der Waals surface area (Å²) in [7, 11) is 1.29. The molecule has 1 atom stereocenters. The van der Waals surface area contributed by atoms with Crippen LogP contribution in [0.4, 0.5) is 5.69 Å². The molecular weight excluding hydrogens is 460 g/mol. The lowest BCUT2D eigenvalue weighted by molar-refractivity contribution is -0.128. The van der Waals surface area contributed by atoms with Crippen molar-refractivity contribution in [1.29, 1.82) is 0 Å². The number of anilines is 1. The van der Waals surface area contributed by atoms with Crippen LogP contribution in [0.5, 0.6) is 0 Å². The van der Waals surface area contributed by atoms with Crippen LogP contribution in [-0.4, -0.2) is 35.5 Å². The number of nitrogens with zero attached hydrogens (tertiary/aromatic N) is 1. The van der Waals surface area contributed by atoms with Gasteiger partial charge in [-0.15, -0.1) is 11.8 Å². The predicted molar refractivity (Wildman–Crippen MR) is 129 cm³/mol. The molecule has 1 fully saturated rings. The average Bonchev–Trinajstić information content (AvgIpc) is 3.20. The number of esters is 1. The molecule has 6 nitrogen and oxygen atoms in total. The van der Waals surface area contributed by atoms with E-state index >= 15 is 0 Å². The number of ether oxygens (including phenoxy) is 1. The SMILES string of the molecule is COC(=O)c1ccccc1NC(=O)c1ccc([C@@H]2SCC(=O)N2Cc2ccc(Cl)cc2)cc1. The lowest BCUT2D eigenvalue weighted by atomic mass is 10.1. The predicted octanol–water partition coefficient (Wildman–Crippen LogP) is 5.15. The largest absolute Gasteiger partial charge is 0.465 e. The third-order valence-corrected chi connectivity index (χ3v) is 6.78. The van der Waals surface area contributed by atoms with Gasteiger partial charge in [-0.25, -0.2) is 4.79 Å².